The molecule has 0 saturated carbocycles. The maximum absolute atomic E-state index is 12.9. The van der Waals surface area contributed by atoms with E-state index in [1.165, 1.54) is 17.3 Å². The number of benzene rings is 2. The average molecular weight is 304 g/mol. The first kappa shape index (κ1) is 14.1. The highest BCUT2D eigenvalue weighted by atomic mass is 28.3. The van der Waals surface area contributed by atoms with Crippen LogP contribution in [0.1, 0.15) is 16.7 Å². The molecule has 2 aromatic carbocycles. The van der Waals surface area contributed by atoms with Gasteiger partial charge in [0.05, 0.1) is 5.56 Å². The second-order valence-electron chi connectivity index (χ2n) is 5.85. The number of alkyl halides is 3. The van der Waals surface area contributed by atoms with Crippen LogP contribution in [0.2, 0.25) is 13.1 Å². The van der Waals surface area contributed by atoms with Crippen molar-refractivity contribution >= 4 is 24.5 Å². The Morgan fingerprint density at radius 1 is 0.905 bits per heavy atom. The molecule has 0 amide bonds. The van der Waals surface area contributed by atoms with E-state index in [1.807, 2.05) is 36.4 Å². The van der Waals surface area contributed by atoms with E-state index < -0.39 is 19.8 Å². The van der Waals surface area contributed by atoms with E-state index in [9.17, 15) is 13.2 Å². The van der Waals surface area contributed by atoms with Crippen LogP contribution in [0.15, 0.2) is 48.5 Å². The smallest absolute Gasteiger partial charge is 0.166 e. The molecular weight excluding hydrogens is 289 g/mol. The van der Waals surface area contributed by atoms with Crippen molar-refractivity contribution in [2.45, 2.75) is 19.3 Å². The first-order chi connectivity index (χ1) is 9.80. The van der Waals surface area contributed by atoms with Crippen LogP contribution in [0.5, 0.6) is 0 Å². The molecule has 0 radical (unpaired) electrons. The Hall–Kier alpha value is -1.81. The molecule has 3 rings (SSSR count). The van der Waals surface area contributed by atoms with E-state index in [2.05, 4.69) is 13.1 Å². The first-order valence-electron chi connectivity index (χ1n) is 6.79. The van der Waals surface area contributed by atoms with E-state index in [0.29, 0.717) is 0 Å². The molecule has 0 aromatic heterocycles. The molecule has 0 nitrogen and oxygen atoms in total. The zero-order chi connectivity index (χ0) is 15.3. The summed E-state index contributed by atoms with van der Waals surface area (Å²) in [5.41, 5.74) is 1.26. The molecule has 1 aliphatic rings. The van der Waals surface area contributed by atoms with Crippen LogP contribution in [-0.4, -0.2) is 8.07 Å². The second-order valence-corrected chi connectivity index (χ2v) is 10.2. The van der Waals surface area contributed by atoms with Crippen molar-refractivity contribution in [1.82, 2.24) is 0 Å². The Kier molecular flexibility index (Phi) is 3.09. The Balaban J connectivity index is 2.13. The van der Waals surface area contributed by atoms with Gasteiger partial charge in [0.2, 0.25) is 0 Å². The summed E-state index contributed by atoms with van der Waals surface area (Å²) in [6.45, 7) is 4.37. The third kappa shape index (κ3) is 2.33. The van der Waals surface area contributed by atoms with Crippen molar-refractivity contribution in [2.24, 2.45) is 0 Å². The van der Waals surface area contributed by atoms with Gasteiger partial charge in [-0.05, 0) is 27.6 Å². The van der Waals surface area contributed by atoms with Gasteiger partial charge in [-0.3, -0.25) is 0 Å². The summed E-state index contributed by atoms with van der Waals surface area (Å²) in [5, 5.41) is 2.27. The van der Waals surface area contributed by atoms with Crippen LogP contribution in [0.25, 0.3) is 11.3 Å². The highest BCUT2D eigenvalue weighted by molar-refractivity contribution is 7.07. The lowest BCUT2D eigenvalue weighted by Gasteiger charge is -2.23. The van der Waals surface area contributed by atoms with Gasteiger partial charge in [-0.2, -0.15) is 13.2 Å². The van der Waals surface area contributed by atoms with Crippen LogP contribution < -0.4 is 5.19 Å². The molecule has 21 heavy (non-hydrogen) atoms. The number of fused-ring (bicyclic) bond motifs is 1. The summed E-state index contributed by atoms with van der Waals surface area (Å²) >= 11 is 0. The van der Waals surface area contributed by atoms with Gasteiger partial charge in [-0.1, -0.05) is 61.6 Å². The molecule has 0 bridgehead atoms. The molecule has 0 fully saturated rings. The molecule has 1 aliphatic heterocycles. The maximum atomic E-state index is 12.9. The highest BCUT2D eigenvalue weighted by Gasteiger charge is 2.38. The molecule has 0 spiro atoms. The van der Waals surface area contributed by atoms with Crippen LogP contribution >= 0.6 is 0 Å². The second kappa shape index (κ2) is 4.60. The van der Waals surface area contributed by atoms with E-state index >= 15 is 0 Å². The summed E-state index contributed by atoms with van der Waals surface area (Å²) in [5.74, 6) is 0. The van der Waals surface area contributed by atoms with Gasteiger partial charge in [0, 0.05) is 0 Å². The van der Waals surface area contributed by atoms with Crippen LogP contribution in [-0.2, 0) is 6.18 Å². The quantitative estimate of drug-likeness (QED) is 0.669. The Bertz CT molecular complexity index is 713. The van der Waals surface area contributed by atoms with Gasteiger partial charge < -0.3 is 0 Å². The zero-order valence-corrected chi connectivity index (χ0v) is 12.8. The summed E-state index contributed by atoms with van der Waals surface area (Å²) in [7, 11) is -1.92. The summed E-state index contributed by atoms with van der Waals surface area (Å²) in [4.78, 5) is 0. The number of hydrogen-bond donors (Lipinski definition) is 0. The summed E-state index contributed by atoms with van der Waals surface area (Å²) in [6, 6.07) is 14.1. The Labute approximate surface area is 122 Å². The first-order valence-corrected chi connectivity index (χ1v) is 9.79. The predicted octanol–water partition coefficient (Wildman–Crippen LogP) is 4.71. The van der Waals surface area contributed by atoms with Gasteiger partial charge in [0.25, 0.3) is 0 Å². The predicted molar refractivity (Wildman–Crippen MR) is 82.9 cm³/mol. The maximum Gasteiger partial charge on any atom is 0.416 e. The van der Waals surface area contributed by atoms with Gasteiger partial charge in [-0.25, -0.2) is 0 Å². The molecule has 0 aliphatic carbocycles. The topological polar surface area (TPSA) is 0 Å². The van der Waals surface area contributed by atoms with E-state index in [4.69, 9.17) is 0 Å². The van der Waals surface area contributed by atoms with Crippen molar-refractivity contribution in [3.63, 3.8) is 0 Å². The van der Waals surface area contributed by atoms with E-state index in [0.717, 1.165) is 16.3 Å². The van der Waals surface area contributed by atoms with E-state index in [-0.39, 0.29) is 0 Å². The van der Waals surface area contributed by atoms with E-state index in [1.54, 1.807) is 6.07 Å². The minimum Gasteiger partial charge on any atom is -0.166 e. The minimum atomic E-state index is -4.29. The number of rotatable bonds is 1. The lowest BCUT2D eigenvalue weighted by Crippen LogP contribution is -2.41. The summed E-state index contributed by atoms with van der Waals surface area (Å²) < 4.78 is 38.6. The molecule has 1 heterocycles. The fourth-order valence-corrected chi connectivity index (χ4v) is 6.03. The largest absolute Gasteiger partial charge is 0.416 e. The normalized spacial score (nSPS) is 16.5. The van der Waals surface area contributed by atoms with Gasteiger partial charge in [0.15, 0.2) is 0 Å². The van der Waals surface area contributed by atoms with Crippen molar-refractivity contribution in [1.29, 1.82) is 0 Å². The van der Waals surface area contributed by atoms with Crippen molar-refractivity contribution < 1.29 is 13.2 Å². The monoisotopic (exact) mass is 304 g/mol. The standard InChI is InChI=1S/C17H15F3Si/c1-21(2)15-9-8-14(17(18,19)20)10-13(15)11-16(21)12-6-4-3-5-7-12/h3-11H,1-2H3. The third-order valence-corrected chi connectivity index (χ3v) is 7.69. The molecule has 0 unspecified atom stereocenters. The zero-order valence-electron chi connectivity index (χ0n) is 11.8. The van der Waals surface area contributed by atoms with Crippen LogP contribution in [0, 0.1) is 0 Å². The van der Waals surface area contributed by atoms with Crippen molar-refractivity contribution in [3.05, 3.63) is 65.2 Å². The average Bonchev–Trinajstić information content (AvgIpc) is 2.70. The lowest BCUT2D eigenvalue weighted by molar-refractivity contribution is -0.137. The molecule has 2 aromatic rings. The molecule has 0 saturated heterocycles. The SMILES string of the molecule is C[Si]1(C)C(c2ccccc2)=Cc2cc(C(F)(F)F)ccc21. The van der Waals surface area contributed by atoms with Crippen LogP contribution in [0.3, 0.4) is 0 Å². The molecule has 0 N–H and O–H groups in total. The summed E-state index contributed by atoms with van der Waals surface area (Å²) in [6.07, 6.45) is -2.35. The van der Waals surface area contributed by atoms with Gasteiger partial charge >= 0.3 is 6.18 Å². The van der Waals surface area contributed by atoms with Gasteiger partial charge in [0.1, 0.15) is 8.07 Å². The fraction of sp³-hybridized carbons (Fsp3) is 0.176. The van der Waals surface area contributed by atoms with Crippen molar-refractivity contribution in [3.8, 4) is 0 Å². The van der Waals surface area contributed by atoms with Gasteiger partial charge in [-0.15, -0.1) is 0 Å². The minimum absolute atomic E-state index is 0.573. The Morgan fingerprint density at radius 2 is 1.57 bits per heavy atom. The molecule has 0 atom stereocenters. The highest BCUT2D eigenvalue weighted by Crippen LogP contribution is 2.36. The van der Waals surface area contributed by atoms with Crippen molar-refractivity contribution in [2.75, 3.05) is 0 Å². The third-order valence-electron chi connectivity index (χ3n) is 4.11. The molecule has 4 heteroatoms. The fourth-order valence-electron chi connectivity index (χ4n) is 2.97. The number of halogens is 3. The molecule has 108 valence electrons. The lowest BCUT2D eigenvalue weighted by atomic mass is 10.1. The number of hydrogen-bond acceptors (Lipinski definition) is 0. The Morgan fingerprint density at radius 3 is 2.19 bits per heavy atom. The van der Waals surface area contributed by atoms with Crippen LogP contribution in [0.4, 0.5) is 13.2 Å². The molecular formula is C17H15F3Si.